The van der Waals surface area contributed by atoms with E-state index in [-0.39, 0.29) is 52.5 Å². The van der Waals surface area contributed by atoms with E-state index in [1.54, 1.807) is 7.05 Å². The van der Waals surface area contributed by atoms with E-state index in [9.17, 15) is 19.5 Å². The van der Waals surface area contributed by atoms with Crippen molar-refractivity contribution >= 4 is 53.1 Å². The summed E-state index contributed by atoms with van der Waals surface area (Å²) in [5.41, 5.74) is -1.41. The summed E-state index contributed by atoms with van der Waals surface area (Å²) in [5.74, 6) is -2.02. The quantitative estimate of drug-likeness (QED) is 0.115. The second-order valence-electron chi connectivity index (χ2n) is 6.09. The van der Waals surface area contributed by atoms with Gasteiger partial charge in [-0.25, -0.2) is 4.68 Å². The fourth-order valence-electron chi connectivity index (χ4n) is 2.97. The topological polar surface area (TPSA) is 166 Å². The molecular weight excluding hydrogens is 477 g/mol. The van der Waals surface area contributed by atoms with E-state index < -0.39 is 28.9 Å². The molecule has 2 amide bonds. The number of rotatable bonds is 9. The molecule has 2 aliphatic heterocycles. The molecule has 31 heavy (non-hydrogen) atoms. The van der Waals surface area contributed by atoms with E-state index in [0.717, 1.165) is 16.7 Å². The van der Waals surface area contributed by atoms with Gasteiger partial charge < -0.3 is 20.0 Å². The smallest absolute Gasteiger partial charge is 0.543 e. The van der Waals surface area contributed by atoms with Crippen LogP contribution in [0.4, 0.5) is 0 Å². The predicted molar refractivity (Wildman–Crippen MR) is 105 cm³/mol. The summed E-state index contributed by atoms with van der Waals surface area (Å²) in [6.07, 6.45) is 0. The van der Waals surface area contributed by atoms with Gasteiger partial charge in [-0.15, -0.1) is 28.6 Å². The molecular formula is C15H16N7NaO5S3. The van der Waals surface area contributed by atoms with E-state index in [4.69, 9.17) is 10.00 Å². The predicted octanol–water partition coefficient (Wildman–Crippen LogP) is -5.06. The third-order valence-corrected chi connectivity index (χ3v) is 7.58. The Morgan fingerprint density at radius 3 is 2.84 bits per heavy atom. The van der Waals surface area contributed by atoms with E-state index in [1.807, 2.05) is 6.07 Å². The number of fused-ring (bicyclic) bond motifs is 1. The van der Waals surface area contributed by atoms with Gasteiger partial charge in [-0.3, -0.25) is 14.5 Å². The molecule has 0 radical (unpaired) electrons. The molecule has 1 aromatic heterocycles. The number of carboxylic acids is 1. The molecule has 16 heteroatoms. The van der Waals surface area contributed by atoms with Crippen LogP contribution >= 0.6 is 35.3 Å². The molecule has 0 spiro atoms. The maximum Gasteiger partial charge on any atom is 1.00 e. The number of aryl methyl sites for hydroxylation is 1. The second-order valence-corrected chi connectivity index (χ2v) is 9.09. The van der Waals surface area contributed by atoms with Gasteiger partial charge in [-0.1, -0.05) is 11.8 Å². The fraction of sp³-hybridized carbons (Fsp3) is 0.533. The molecule has 1 aromatic rings. The first-order valence-corrected chi connectivity index (χ1v) is 11.6. The van der Waals surface area contributed by atoms with Crippen LogP contribution in [0.15, 0.2) is 16.4 Å². The standard InChI is InChI=1S/C15H17N7O5S3.Na/c1-21-14(18-19-20-21)30-6-8-5-29-13-15(27-2,17-9(23)7-28-4-3-16)12(26)22(13)10(8)11(24)25;/h13H,4-7H2,1-2H3,(H,17,23)(H,24,25);/q;+1/p-1. The Labute approximate surface area is 212 Å². The van der Waals surface area contributed by atoms with Crippen LogP contribution in [0.2, 0.25) is 0 Å². The molecule has 2 aliphatic rings. The number of carbonyl (C=O) groups is 3. The number of ether oxygens (including phenoxy) is 1. The van der Waals surface area contributed by atoms with Gasteiger partial charge in [0.15, 0.2) is 0 Å². The van der Waals surface area contributed by atoms with Crippen LogP contribution in [-0.2, 0) is 26.2 Å². The molecule has 2 unspecified atom stereocenters. The molecule has 1 saturated heterocycles. The van der Waals surface area contributed by atoms with Gasteiger partial charge in [0.25, 0.3) is 11.6 Å². The van der Waals surface area contributed by atoms with Crippen molar-refractivity contribution in [2.75, 3.05) is 30.1 Å². The average Bonchev–Trinajstić information content (AvgIpc) is 3.14. The Morgan fingerprint density at radius 2 is 2.26 bits per heavy atom. The molecule has 1 N–H and O–H groups in total. The van der Waals surface area contributed by atoms with Crippen LogP contribution < -0.4 is 40.0 Å². The van der Waals surface area contributed by atoms with Crippen molar-refractivity contribution < 1.29 is 53.8 Å². The zero-order chi connectivity index (χ0) is 21.9. The summed E-state index contributed by atoms with van der Waals surface area (Å²) in [7, 11) is 2.93. The van der Waals surface area contributed by atoms with E-state index in [0.29, 0.717) is 16.5 Å². The van der Waals surface area contributed by atoms with Crippen molar-refractivity contribution in [3.8, 4) is 6.07 Å². The third-order valence-electron chi connectivity index (χ3n) is 4.31. The van der Waals surface area contributed by atoms with Gasteiger partial charge in [0.05, 0.1) is 29.2 Å². The SMILES string of the molecule is COC1(NC(=O)CSCC#N)C(=O)N2C(C(=O)[O-])=C(CSc3nnnn3C)CSC21.[Na+]. The molecule has 0 aliphatic carbocycles. The largest absolute Gasteiger partial charge is 1.00 e. The molecule has 0 saturated carbocycles. The Kier molecular flexibility index (Phi) is 9.25. The average molecular weight is 494 g/mol. The minimum Gasteiger partial charge on any atom is -0.543 e. The summed E-state index contributed by atoms with van der Waals surface area (Å²) in [6.45, 7) is 0. The molecule has 12 nitrogen and oxygen atoms in total. The Balaban J connectivity index is 0.00000341. The van der Waals surface area contributed by atoms with Crippen LogP contribution in [0, 0.1) is 11.3 Å². The third kappa shape index (κ3) is 5.05. The zero-order valence-corrected chi connectivity index (χ0v) is 21.3. The Morgan fingerprint density at radius 1 is 1.52 bits per heavy atom. The van der Waals surface area contributed by atoms with E-state index in [2.05, 4.69) is 20.8 Å². The number of nitriles is 1. The summed E-state index contributed by atoms with van der Waals surface area (Å²) >= 11 is 3.60. The van der Waals surface area contributed by atoms with Crippen molar-refractivity contribution in [1.82, 2.24) is 30.4 Å². The van der Waals surface area contributed by atoms with Crippen molar-refractivity contribution in [3.63, 3.8) is 0 Å². The number of aromatic nitrogens is 4. The molecule has 3 rings (SSSR count). The first-order chi connectivity index (χ1) is 14.4. The normalized spacial score (nSPS) is 22.2. The monoisotopic (exact) mass is 493 g/mol. The minimum atomic E-state index is -1.66. The zero-order valence-electron chi connectivity index (χ0n) is 16.9. The summed E-state index contributed by atoms with van der Waals surface area (Å²) in [5, 5.41) is 33.8. The van der Waals surface area contributed by atoms with Gasteiger partial charge in [0.2, 0.25) is 11.1 Å². The molecule has 1 fully saturated rings. The van der Waals surface area contributed by atoms with Crippen molar-refractivity contribution in [3.05, 3.63) is 11.3 Å². The van der Waals surface area contributed by atoms with Gasteiger partial charge in [-0.05, 0) is 16.0 Å². The van der Waals surface area contributed by atoms with Crippen LogP contribution in [0.3, 0.4) is 0 Å². The van der Waals surface area contributed by atoms with Gasteiger partial charge in [0, 0.05) is 25.7 Å². The number of tetrazole rings is 1. The fourth-order valence-corrected chi connectivity index (χ4v) is 5.85. The van der Waals surface area contributed by atoms with Crippen molar-refractivity contribution in [2.24, 2.45) is 7.05 Å². The number of nitrogens with one attached hydrogen (secondary N) is 1. The molecule has 160 valence electrons. The molecule has 0 bridgehead atoms. The molecule has 2 atom stereocenters. The summed E-state index contributed by atoms with van der Waals surface area (Å²) in [4.78, 5) is 38.0. The van der Waals surface area contributed by atoms with Crippen molar-refractivity contribution in [1.29, 1.82) is 5.26 Å². The van der Waals surface area contributed by atoms with Crippen LogP contribution in [0.1, 0.15) is 0 Å². The number of carbonyl (C=O) groups excluding carboxylic acids is 3. The number of thioether (sulfide) groups is 3. The first kappa shape index (κ1) is 26.0. The number of methoxy groups -OCH3 is 1. The van der Waals surface area contributed by atoms with Crippen LogP contribution in [0.25, 0.3) is 0 Å². The number of aliphatic carboxylic acids is 1. The Bertz CT molecular complexity index is 952. The number of amides is 2. The van der Waals surface area contributed by atoms with E-state index >= 15 is 0 Å². The number of carboxylic acid groups (broad SMARTS) is 1. The maximum absolute atomic E-state index is 12.9. The number of β-lactam (4-membered cyclic amide) rings is 1. The van der Waals surface area contributed by atoms with Crippen LogP contribution in [-0.4, -0.2) is 84.1 Å². The number of hydrogen-bond acceptors (Lipinski definition) is 12. The first-order valence-electron chi connectivity index (χ1n) is 8.40. The maximum atomic E-state index is 12.9. The minimum absolute atomic E-state index is 0. The van der Waals surface area contributed by atoms with Gasteiger partial charge >= 0.3 is 29.6 Å². The van der Waals surface area contributed by atoms with E-state index in [1.165, 1.54) is 35.3 Å². The van der Waals surface area contributed by atoms with Crippen molar-refractivity contribution in [2.45, 2.75) is 16.3 Å². The summed E-state index contributed by atoms with van der Waals surface area (Å²) in [6, 6.07) is 1.91. The van der Waals surface area contributed by atoms with Gasteiger partial charge in [0.1, 0.15) is 5.37 Å². The number of nitrogens with zero attached hydrogens (tertiary/aromatic N) is 6. The number of hydrogen-bond donors (Lipinski definition) is 1. The Hall–Kier alpha value is -1.28. The van der Waals surface area contributed by atoms with Crippen LogP contribution in [0.5, 0.6) is 0 Å². The molecule has 3 heterocycles. The van der Waals surface area contributed by atoms with Gasteiger partial charge in [-0.2, -0.15) is 5.26 Å². The molecule has 0 aromatic carbocycles. The second kappa shape index (κ2) is 11.0. The summed E-state index contributed by atoms with van der Waals surface area (Å²) < 4.78 is 6.79.